The van der Waals surface area contributed by atoms with Gasteiger partial charge in [0, 0.05) is 18.5 Å². The van der Waals surface area contributed by atoms with E-state index in [4.69, 9.17) is 9.72 Å². The number of esters is 1. The van der Waals surface area contributed by atoms with Gasteiger partial charge in [-0.3, -0.25) is 4.79 Å². The fraction of sp³-hybridized carbons (Fsp3) is 0.367. The number of benzene rings is 2. The van der Waals surface area contributed by atoms with E-state index in [2.05, 4.69) is 27.7 Å². The molecule has 0 unspecified atom stereocenters. The molecule has 0 radical (unpaired) electrons. The van der Waals surface area contributed by atoms with Crippen LogP contribution in [0.4, 0.5) is 0 Å². The lowest BCUT2D eigenvalue weighted by atomic mass is 10.0. The summed E-state index contributed by atoms with van der Waals surface area (Å²) in [5.74, 6) is 0.212. The number of carbonyl (C=O) groups excluding carboxylic acids is 2. The molecule has 1 aliphatic rings. The van der Waals surface area contributed by atoms with E-state index in [1.54, 1.807) is 17.0 Å². The first kappa shape index (κ1) is 25.4. The Hall–Kier alpha value is -3.67. The molecular formula is C30H34N2O4. The van der Waals surface area contributed by atoms with E-state index < -0.39 is 5.97 Å². The number of aromatic nitrogens is 1. The smallest absolute Gasteiger partial charge is 0.339 e. The lowest BCUT2D eigenvalue weighted by Gasteiger charge is -2.26. The molecule has 1 heterocycles. The number of aromatic hydroxyl groups is 1. The third-order valence-corrected chi connectivity index (χ3v) is 6.23. The zero-order valence-corrected chi connectivity index (χ0v) is 21.5. The van der Waals surface area contributed by atoms with E-state index in [1.165, 1.54) is 0 Å². The van der Waals surface area contributed by atoms with Crippen LogP contribution in [0.25, 0.3) is 22.6 Å². The maximum Gasteiger partial charge on any atom is 0.339 e. The molecule has 6 nitrogen and oxygen atoms in total. The van der Waals surface area contributed by atoms with Crippen molar-refractivity contribution in [1.82, 2.24) is 9.88 Å². The van der Waals surface area contributed by atoms with Crippen molar-refractivity contribution < 1.29 is 19.4 Å². The van der Waals surface area contributed by atoms with Crippen LogP contribution >= 0.6 is 0 Å². The van der Waals surface area contributed by atoms with Gasteiger partial charge in [0.05, 0.1) is 16.8 Å². The summed E-state index contributed by atoms with van der Waals surface area (Å²) in [6.45, 7) is 9.27. The second-order valence-electron chi connectivity index (χ2n) is 10.3. The standard InChI is InChI=1S/C30H34N2O4/c1-19(2)16-32(17-20(3)4)27(34)18-36-30(35)28-24-7-5-6-8-26(24)31-29-22(11-14-25(28)29)15-21-9-12-23(33)13-10-21/h5-10,12-13,15,19-20,33H,11,14,16-18H2,1-4H3. The lowest BCUT2D eigenvalue weighted by molar-refractivity contribution is -0.135. The highest BCUT2D eigenvalue weighted by molar-refractivity contribution is 6.07. The van der Waals surface area contributed by atoms with Crippen molar-refractivity contribution in [3.8, 4) is 5.75 Å². The molecule has 0 aliphatic heterocycles. The Kier molecular flexibility index (Phi) is 7.73. The van der Waals surface area contributed by atoms with Gasteiger partial charge in [0.25, 0.3) is 5.91 Å². The predicted molar refractivity (Wildman–Crippen MR) is 143 cm³/mol. The number of fused-ring (bicyclic) bond motifs is 2. The number of phenolic OH excluding ortho intramolecular Hbond substituents is 1. The normalized spacial score (nSPS) is 14.0. The molecule has 1 N–H and O–H groups in total. The summed E-state index contributed by atoms with van der Waals surface area (Å²) in [6.07, 6.45) is 3.46. The van der Waals surface area contributed by atoms with E-state index in [1.807, 2.05) is 42.5 Å². The number of amides is 1. The first-order chi connectivity index (χ1) is 17.2. The molecule has 2 aromatic carbocycles. The summed E-state index contributed by atoms with van der Waals surface area (Å²) in [5.41, 5.74) is 4.85. The van der Waals surface area contributed by atoms with Gasteiger partial charge in [-0.1, -0.05) is 58.0 Å². The van der Waals surface area contributed by atoms with Crippen molar-refractivity contribution in [1.29, 1.82) is 0 Å². The van der Waals surface area contributed by atoms with Crippen LogP contribution in [0.3, 0.4) is 0 Å². The van der Waals surface area contributed by atoms with Crippen LogP contribution in [0.15, 0.2) is 48.5 Å². The van der Waals surface area contributed by atoms with Gasteiger partial charge in [-0.15, -0.1) is 0 Å². The maximum absolute atomic E-state index is 13.4. The highest BCUT2D eigenvalue weighted by Crippen LogP contribution is 2.38. The van der Waals surface area contributed by atoms with Crippen molar-refractivity contribution in [2.45, 2.75) is 40.5 Å². The topological polar surface area (TPSA) is 79.7 Å². The van der Waals surface area contributed by atoms with Crippen molar-refractivity contribution in [2.24, 2.45) is 11.8 Å². The average Bonchev–Trinajstić information content (AvgIpc) is 3.23. The molecule has 4 rings (SSSR count). The number of ether oxygens (including phenoxy) is 1. The fourth-order valence-corrected chi connectivity index (χ4v) is 4.73. The first-order valence-electron chi connectivity index (χ1n) is 12.6. The molecule has 6 heteroatoms. The number of pyridine rings is 1. The number of hydrogen-bond donors (Lipinski definition) is 1. The molecule has 0 fully saturated rings. The van der Waals surface area contributed by atoms with E-state index in [9.17, 15) is 14.7 Å². The third-order valence-electron chi connectivity index (χ3n) is 6.23. The van der Waals surface area contributed by atoms with Gasteiger partial charge < -0.3 is 14.7 Å². The Bertz CT molecular complexity index is 1280. The van der Waals surface area contributed by atoms with Gasteiger partial charge in [-0.05, 0) is 65.7 Å². The Morgan fingerprint density at radius 3 is 2.33 bits per heavy atom. The van der Waals surface area contributed by atoms with E-state index in [-0.39, 0.29) is 18.3 Å². The summed E-state index contributed by atoms with van der Waals surface area (Å²) < 4.78 is 5.63. The SMILES string of the molecule is CC(C)CN(CC(C)C)C(=O)COC(=O)c1c2c(nc3ccccc13)C(=Cc1ccc(O)cc1)CC2. The molecule has 0 saturated heterocycles. The van der Waals surface area contributed by atoms with Crippen molar-refractivity contribution >= 4 is 34.4 Å². The lowest BCUT2D eigenvalue weighted by Crippen LogP contribution is -2.39. The number of rotatable bonds is 8. The number of para-hydroxylation sites is 1. The molecule has 1 aliphatic carbocycles. The van der Waals surface area contributed by atoms with Crippen LogP contribution in [0.2, 0.25) is 0 Å². The number of carbonyl (C=O) groups is 2. The molecule has 0 spiro atoms. The summed E-state index contributed by atoms with van der Waals surface area (Å²) in [5, 5.41) is 10.3. The molecule has 0 bridgehead atoms. The maximum atomic E-state index is 13.4. The predicted octanol–water partition coefficient (Wildman–Crippen LogP) is 5.72. The Labute approximate surface area is 212 Å². The minimum absolute atomic E-state index is 0.173. The van der Waals surface area contributed by atoms with Crippen LogP contribution < -0.4 is 0 Å². The number of allylic oxidation sites excluding steroid dienone is 1. The van der Waals surface area contributed by atoms with Gasteiger partial charge in [-0.25, -0.2) is 9.78 Å². The van der Waals surface area contributed by atoms with Gasteiger partial charge >= 0.3 is 5.97 Å². The van der Waals surface area contributed by atoms with Crippen LogP contribution in [-0.4, -0.2) is 46.6 Å². The zero-order valence-electron chi connectivity index (χ0n) is 21.5. The Morgan fingerprint density at radius 1 is 1.00 bits per heavy atom. The van der Waals surface area contributed by atoms with Crippen molar-refractivity contribution in [3.05, 3.63) is 70.9 Å². The molecule has 36 heavy (non-hydrogen) atoms. The number of phenols is 1. The second kappa shape index (κ2) is 10.9. The minimum atomic E-state index is -0.488. The minimum Gasteiger partial charge on any atom is -0.508 e. The molecule has 3 aromatic rings. The molecule has 0 atom stereocenters. The van der Waals surface area contributed by atoms with Gasteiger partial charge in [0.15, 0.2) is 6.61 Å². The Morgan fingerprint density at radius 2 is 1.67 bits per heavy atom. The highest BCUT2D eigenvalue weighted by Gasteiger charge is 2.28. The van der Waals surface area contributed by atoms with Gasteiger partial charge in [-0.2, -0.15) is 0 Å². The van der Waals surface area contributed by atoms with E-state index >= 15 is 0 Å². The quantitative estimate of drug-likeness (QED) is 0.412. The molecule has 0 saturated carbocycles. The van der Waals surface area contributed by atoms with Crippen molar-refractivity contribution in [3.63, 3.8) is 0 Å². The summed E-state index contributed by atoms with van der Waals surface area (Å²) >= 11 is 0. The van der Waals surface area contributed by atoms with Crippen LogP contribution in [0, 0.1) is 11.8 Å². The van der Waals surface area contributed by atoms with Crippen LogP contribution in [0.1, 0.15) is 61.3 Å². The number of hydrogen-bond acceptors (Lipinski definition) is 5. The molecular weight excluding hydrogens is 452 g/mol. The average molecular weight is 487 g/mol. The summed E-state index contributed by atoms with van der Waals surface area (Å²) in [7, 11) is 0. The van der Waals surface area contributed by atoms with E-state index in [0.29, 0.717) is 42.4 Å². The molecule has 1 amide bonds. The summed E-state index contributed by atoms with van der Waals surface area (Å²) in [6, 6.07) is 14.6. The van der Waals surface area contributed by atoms with E-state index in [0.717, 1.165) is 34.2 Å². The molecule has 188 valence electrons. The van der Waals surface area contributed by atoms with Crippen LogP contribution in [0.5, 0.6) is 5.75 Å². The largest absolute Gasteiger partial charge is 0.508 e. The molecule has 1 aromatic heterocycles. The second-order valence-corrected chi connectivity index (χ2v) is 10.3. The monoisotopic (exact) mass is 486 g/mol. The third kappa shape index (κ3) is 5.76. The fourth-order valence-electron chi connectivity index (χ4n) is 4.73. The van der Waals surface area contributed by atoms with Crippen LogP contribution in [-0.2, 0) is 16.0 Å². The first-order valence-corrected chi connectivity index (χ1v) is 12.6. The zero-order chi connectivity index (χ0) is 25.8. The van der Waals surface area contributed by atoms with Gasteiger partial charge in [0.2, 0.25) is 0 Å². The van der Waals surface area contributed by atoms with Crippen molar-refractivity contribution in [2.75, 3.05) is 19.7 Å². The highest BCUT2D eigenvalue weighted by atomic mass is 16.5. The van der Waals surface area contributed by atoms with Gasteiger partial charge in [0.1, 0.15) is 5.75 Å². The number of nitrogens with zero attached hydrogens (tertiary/aromatic N) is 2. The summed E-state index contributed by atoms with van der Waals surface area (Å²) in [4.78, 5) is 33.0. The Balaban J connectivity index is 1.64.